The summed E-state index contributed by atoms with van der Waals surface area (Å²) in [6, 6.07) is 16.6. The summed E-state index contributed by atoms with van der Waals surface area (Å²) in [6.45, 7) is 10.0. The Hall–Kier alpha value is -3.58. The van der Waals surface area contributed by atoms with Gasteiger partial charge in [-0.2, -0.15) is 16.8 Å². The number of hydrogen-bond donors (Lipinski definition) is 2. The summed E-state index contributed by atoms with van der Waals surface area (Å²) in [6.07, 6.45) is 0. The van der Waals surface area contributed by atoms with E-state index in [1.165, 1.54) is 54.6 Å². The fourth-order valence-corrected chi connectivity index (χ4v) is 11.5. The fourth-order valence-electron chi connectivity index (χ4n) is 4.70. The quantitative estimate of drug-likeness (QED) is 0.153. The zero-order valence-corrected chi connectivity index (χ0v) is 31.9. The highest BCUT2D eigenvalue weighted by molar-refractivity contribution is 8.01. The summed E-state index contributed by atoms with van der Waals surface area (Å²) in [5.74, 6) is 4.01. The molecule has 4 aromatic carbocycles. The molecule has 0 amide bonds. The number of rotatable bonds is 9. The van der Waals surface area contributed by atoms with Crippen LogP contribution in [0.15, 0.2) is 119 Å². The van der Waals surface area contributed by atoms with E-state index < -0.39 is 84.1 Å². The molecule has 0 aliphatic carbocycles. The minimum atomic E-state index is -5.28. The van der Waals surface area contributed by atoms with Crippen LogP contribution in [0, 0.1) is 0 Å². The highest BCUT2D eigenvalue weighted by Crippen LogP contribution is 2.36. The van der Waals surface area contributed by atoms with Crippen LogP contribution in [0.3, 0.4) is 0 Å². The molecule has 50 heavy (non-hydrogen) atoms. The maximum absolute atomic E-state index is 14.2. The van der Waals surface area contributed by atoms with E-state index in [0.717, 1.165) is 24.3 Å². The summed E-state index contributed by atoms with van der Waals surface area (Å²) < 4.78 is 141. The minimum Gasteiger partial charge on any atom is -0.457 e. The van der Waals surface area contributed by atoms with Gasteiger partial charge in [-0.05, 0) is 116 Å². The zero-order valence-electron chi connectivity index (χ0n) is 27.8. The minimum absolute atomic E-state index is 0.0982. The molecule has 270 valence electrons. The van der Waals surface area contributed by atoms with Crippen LogP contribution in [0.2, 0.25) is 0 Å². The van der Waals surface area contributed by atoms with Gasteiger partial charge in [0.2, 0.25) is 9.84 Å². The van der Waals surface area contributed by atoms with Crippen molar-refractivity contribution in [3.05, 3.63) is 90.5 Å². The fraction of sp³-hybridized carbons (Fsp3) is 0.242. The molecule has 2 N–H and O–H groups in total. The van der Waals surface area contributed by atoms with Gasteiger partial charge < -0.3 is 4.74 Å². The molecule has 0 radical (unpaired) electrons. The molecule has 1 unspecified atom stereocenters. The molecule has 0 heterocycles. The smallest absolute Gasteiger partial charge is 0.295 e. The Kier molecular flexibility index (Phi) is 10.1. The third-order valence-electron chi connectivity index (χ3n) is 7.61. The lowest BCUT2D eigenvalue weighted by atomic mass is 9.87. The van der Waals surface area contributed by atoms with Crippen LogP contribution < -0.4 is 4.74 Å². The molecular formula is C33H36O12S5. The Morgan fingerprint density at radius 3 is 1.34 bits per heavy atom. The van der Waals surface area contributed by atoms with E-state index >= 15 is 0 Å². The number of hydrogen-bond acceptors (Lipinski definition) is 10. The van der Waals surface area contributed by atoms with Crippen LogP contribution in [0.1, 0.15) is 47.1 Å². The van der Waals surface area contributed by atoms with Crippen LogP contribution >= 0.6 is 0 Å². The second kappa shape index (κ2) is 12.9. The van der Waals surface area contributed by atoms with Crippen molar-refractivity contribution in [3.8, 4) is 11.5 Å². The molecule has 0 aliphatic rings. The lowest BCUT2D eigenvalue weighted by Gasteiger charge is -2.22. The summed E-state index contributed by atoms with van der Waals surface area (Å²) in [5, 5.41) is 0. The molecule has 12 nitrogen and oxygen atoms in total. The van der Waals surface area contributed by atoms with E-state index in [2.05, 4.69) is 5.87 Å². The number of ether oxygens (including phenoxy) is 1. The van der Waals surface area contributed by atoms with Gasteiger partial charge in [-0.15, -0.1) is 0 Å². The molecule has 1 atom stereocenters. The topological polar surface area (TPSA) is 203 Å². The van der Waals surface area contributed by atoms with Gasteiger partial charge in [0, 0.05) is 9.52 Å². The van der Waals surface area contributed by atoms with Crippen molar-refractivity contribution in [2.75, 3.05) is 0 Å². The van der Waals surface area contributed by atoms with Crippen LogP contribution in [0.25, 0.3) is 0 Å². The summed E-state index contributed by atoms with van der Waals surface area (Å²) in [5.41, 5.74) is -0.176. The molecular weight excluding hydrogens is 749 g/mol. The monoisotopic (exact) mass is 784 g/mol. The van der Waals surface area contributed by atoms with Gasteiger partial charge in [0.25, 0.3) is 20.2 Å². The van der Waals surface area contributed by atoms with Gasteiger partial charge in [-0.1, -0.05) is 26.8 Å². The Bertz CT molecular complexity index is 2520. The van der Waals surface area contributed by atoms with Crippen LogP contribution in [-0.2, 0) is 54.8 Å². The van der Waals surface area contributed by atoms with Gasteiger partial charge in [0.15, 0.2) is 9.84 Å². The number of benzene rings is 4. The standard InChI is InChI=1S/C33H36O12S5/c1-32(2,3)22-8-18-28(30(20-22)49(39,40)41)46(7,34)29-19-17-27(21-31(29)50(42,43)44)47(35,36)25-13-9-23(10-14-25)45-24-11-15-26(16-12-24)48(37,38)33(4,5)6/h8-21H,7H2,1-6H3,(H,39,40,41)(H,42,43,44). The molecule has 0 spiro atoms. The molecule has 4 rings (SSSR count). The SMILES string of the molecule is C=S(=O)(c1ccc(C(C)(C)C)cc1S(=O)(=O)O)c1ccc(S(=O)(=O)c2ccc(Oc3ccc(S(=O)(=O)C(C)(C)C)cc3)cc2)cc1S(=O)(=O)O. The van der Waals surface area contributed by atoms with Crippen LogP contribution in [0.5, 0.6) is 11.5 Å². The predicted molar refractivity (Wildman–Crippen MR) is 188 cm³/mol. The predicted octanol–water partition coefficient (Wildman–Crippen LogP) is 5.81. The van der Waals surface area contributed by atoms with Crippen molar-refractivity contribution >= 4 is 55.3 Å². The second-order valence-electron chi connectivity index (χ2n) is 13.3. The largest absolute Gasteiger partial charge is 0.457 e. The molecule has 17 heteroatoms. The lowest BCUT2D eigenvalue weighted by molar-refractivity contribution is 0.478. The number of sulfone groups is 2. The van der Waals surface area contributed by atoms with E-state index in [9.17, 15) is 47.0 Å². The molecule has 0 bridgehead atoms. The third kappa shape index (κ3) is 7.83. The van der Waals surface area contributed by atoms with E-state index in [1.54, 1.807) is 41.5 Å². The van der Waals surface area contributed by atoms with Crippen molar-refractivity contribution in [2.24, 2.45) is 0 Å². The van der Waals surface area contributed by atoms with Gasteiger partial charge >= 0.3 is 0 Å². The second-order valence-corrected chi connectivity index (χ2v) is 23.0. The Morgan fingerprint density at radius 2 is 0.920 bits per heavy atom. The maximum atomic E-state index is 14.2. The highest BCUT2D eigenvalue weighted by Gasteiger charge is 2.32. The average molecular weight is 785 g/mol. The summed E-state index contributed by atoms with van der Waals surface area (Å²) in [7, 11) is -22.5. The first-order chi connectivity index (χ1) is 22.6. The van der Waals surface area contributed by atoms with Gasteiger partial charge in [-0.3, -0.25) is 13.3 Å². The Morgan fingerprint density at radius 1 is 0.520 bits per heavy atom. The lowest BCUT2D eigenvalue weighted by Crippen LogP contribution is -2.27. The first-order valence-corrected chi connectivity index (χ1v) is 22.1. The van der Waals surface area contributed by atoms with Crippen molar-refractivity contribution in [1.29, 1.82) is 0 Å². The van der Waals surface area contributed by atoms with Gasteiger partial charge in [-0.25, -0.2) is 16.8 Å². The first-order valence-electron chi connectivity index (χ1n) is 14.6. The molecule has 0 aliphatic heterocycles. The molecule has 0 aromatic heterocycles. The van der Waals surface area contributed by atoms with Crippen LogP contribution in [0.4, 0.5) is 0 Å². The Balaban J connectivity index is 1.72. The highest BCUT2D eigenvalue weighted by atomic mass is 32.2. The van der Waals surface area contributed by atoms with Gasteiger partial charge in [0.05, 0.1) is 29.2 Å². The zero-order chi connectivity index (χ0) is 37.9. The average Bonchev–Trinajstić information content (AvgIpc) is 2.99. The summed E-state index contributed by atoms with van der Waals surface area (Å²) in [4.78, 5) is -3.99. The van der Waals surface area contributed by atoms with Crippen molar-refractivity contribution < 1.29 is 51.7 Å². The summed E-state index contributed by atoms with van der Waals surface area (Å²) >= 11 is 0. The van der Waals surface area contributed by atoms with Crippen LogP contribution in [-0.4, -0.2) is 57.6 Å². The third-order valence-corrected chi connectivity index (χ3v) is 16.1. The van der Waals surface area contributed by atoms with E-state index in [4.69, 9.17) is 4.74 Å². The molecule has 0 saturated carbocycles. The van der Waals surface area contributed by atoms with E-state index in [1.807, 2.05) is 0 Å². The molecule has 0 fully saturated rings. The molecule has 4 aromatic rings. The van der Waals surface area contributed by atoms with Crippen molar-refractivity contribution in [3.63, 3.8) is 0 Å². The van der Waals surface area contributed by atoms with Crippen molar-refractivity contribution in [1.82, 2.24) is 0 Å². The van der Waals surface area contributed by atoms with E-state index in [-0.39, 0.29) is 21.3 Å². The van der Waals surface area contributed by atoms with Crippen molar-refractivity contribution in [2.45, 2.75) is 86.0 Å². The Labute approximate surface area is 293 Å². The first kappa shape index (κ1) is 39.2. The van der Waals surface area contributed by atoms with Gasteiger partial charge in [0.1, 0.15) is 21.3 Å². The maximum Gasteiger partial charge on any atom is 0.295 e. The normalized spacial score (nSPS) is 14.6. The van der Waals surface area contributed by atoms with E-state index in [0.29, 0.717) is 11.6 Å². The molecule has 0 saturated heterocycles.